The van der Waals surface area contributed by atoms with Gasteiger partial charge in [0.2, 0.25) is 5.91 Å². The zero-order chi connectivity index (χ0) is 19.2. The van der Waals surface area contributed by atoms with E-state index in [0.29, 0.717) is 11.3 Å². The zero-order valence-corrected chi connectivity index (χ0v) is 16.0. The summed E-state index contributed by atoms with van der Waals surface area (Å²) in [7, 11) is 0. The predicted octanol–water partition coefficient (Wildman–Crippen LogP) is 4.33. The van der Waals surface area contributed by atoms with Gasteiger partial charge in [0.25, 0.3) is 5.91 Å². The number of amides is 2. The lowest BCUT2D eigenvalue weighted by Crippen LogP contribution is -2.32. The second-order valence-corrected chi connectivity index (χ2v) is 8.16. The molecule has 0 bridgehead atoms. The number of nitrogens with one attached hydrogen (secondary N) is 2. The van der Waals surface area contributed by atoms with Crippen LogP contribution in [0.4, 0.5) is 10.1 Å². The molecule has 0 aliphatic heterocycles. The van der Waals surface area contributed by atoms with Gasteiger partial charge in [0.15, 0.2) is 0 Å². The fourth-order valence-corrected chi connectivity index (χ4v) is 2.93. The minimum Gasteiger partial charge on any atom is -0.343 e. The summed E-state index contributed by atoms with van der Waals surface area (Å²) in [5, 5.41) is 5.24. The monoisotopic (exact) mass is 374 g/mol. The molecule has 2 N–H and O–H groups in total. The van der Waals surface area contributed by atoms with E-state index >= 15 is 0 Å². The average molecular weight is 374 g/mol. The third kappa shape index (κ3) is 6.88. The van der Waals surface area contributed by atoms with Crippen molar-refractivity contribution >= 4 is 29.3 Å². The Bertz CT molecular complexity index is 753. The molecule has 0 aliphatic carbocycles. The lowest BCUT2D eigenvalue weighted by atomic mass is 10.0. The molecule has 2 aromatic carbocycles. The fourth-order valence-electron chi connectivity index (χ4n) is 2.00. The van der Waals surface area contributed by atoms with Gasteiger partial charge in [0, 0.05) is 21.9 Å². The predicted molar refractivity (Wildman–Crippen MR) is 104 cm³/mol. The second kappa shape index (κ2) is 8.85. The Morgan fingerprint density at radius 2 is 1.62 bits per heavy atom. The largest absolute Gasteiger partial charge is 0.343 e. The maximum absolute atomic E-state index is 12.8. The van der Waals surface area contributed by atoms with Crippen LogP contribution in [0.2, 0.25) is 0 Å². The molecular formula is C20H23FN2O2S. The number of anilines is 1. The highest BCUT2D eigenvalue weighted by Gasteiger charge is 2.11. The van der Waals surface area contributed by atoms with E-state index in [1.54, 1.807) is 11.8 Å². The highest BCUT2D eigenvalue weighted by Crippen LogP contribution is 2.27. The molecule has 0 aliphatic rings. The zero-order valence-electron chi connectivity index (χ0n) is 15.1. The maximum Gasteiger partial charge on any atom is 0.251 e. The first-order valence-electron chi connectivity index (χ1n) is 8.29. The molecule has 6 heteroatoms. The van der Waals surface area contributed by atoms with E-state index in [-0.39, 0.29) is 17.9 Å². The van der Waals surface area contributed by atoms with Crippen LogP contribution >= 0.6 is 11.8 Å². The SMILES string of the molecule is CC(C)(C)CSc1ccc(NC(=O)CNC(=O)c2ccc(F)cc2)cc1. The first-order chi connectivity index (χ1) is 12.2. The summed E-state index contributed by atoms with van der Waals surface area (Å²) in [4.78, 5) is 25.0. The Morgan fingerprint density at radius 3 is 2.19 bits per heavy atom. The second-order valence-electron chi connectivity index (χ2n) is 7.11. The number of halogens is 1. The molecule has 0 aromatic heterocycles. The molecule has 0 radical (unpaired) electrons. The van der Waals surface area contributed by atoms with Gasteiger partial charge in [-0.05, 0) is 53.9 Å². The summed E-state index contributed by atoms with van der Waals surface area (Å²) in [6.45, 7) is 6.41. The van der Waals surface area contributed by atoms with Gasteiger partial charge in [-0.2, -0.15) is 0 Å². The smallest absolute Gasteiger partial charge is 0.251 e. The Kier molecular flexibility index (Phi) is 6.80. The van der Waals surface area contributed by atoms with E-state index in [4.69, 9.17) is 0 Å². The summed E-state index contributed by atoms with van der Waals surface area (Å²) < 4.78 is 12.8. The van der Waals surface area contributed by atoms with Crippen molar-refractivity contribution in [1.29, 1.82) is 0 Å². The van der Waals surface area contributed by atoms with Gasteiger partial charge in [-0.3, -0.25) is 9.59 Å². The Labute approximate surface area is 157 Å². The number of hydrogen-bond donors (Lipinski definition) is 2. The van der Waals surface area contributed by atoms with E-state index in [2.05, 4.69) is 31.4 Å². The first-order valence-corrected chi connectivity index (χ1v) is 9.28. The van der Waals surface area contributed by atoms with Crippen LogP contribution in [0.3, 0.4) is 0 Å². The number of thioether (sulfide) groups is 1. The fraction of sp³-hybridized carbons (Fsp3) is 0.300. The summed E-state index contributed by atoms with van der Waals surface area (Å²) in [5.74, 6) is -0.151. The Morgan fingerprint density at radius 1 is 1.00 bits per heavy atom. The highest BCUT2D eigenvalue weighted by atomic mass is 32.2. The maximum atomic E-state index is 12.8. The van der Waals surface area contributed by atoms with Crippen LogP contribution in [-0.2, 0) is 4.79 Å². The van der Waals surface area contributed by atoms with Crippen LogP contribution in [0.25, 0.3) is 0 Å². The topological polar surface area (TPSA) is 58.2 Å². The third-order valence-corrected chi connectivity index (χ3v) is 4.94. The molecule has 0 saturated carbocycles. The van der Waals surface area contributed by atoms with Gasteiger partial charge in [-0.1, -0.05) is 20.8 Å². The lowest BCUT2D eigenvalue weighted by molar-refractivity contribution is -0.115. The molecule has 2 rings (SSSR count). The standard InChI is InChI=1S/C20H23FN2O2S/c1-20(2,3)13-26-17-10-8-16(9-11-17)23-18(24)12-22-19(25)14-4-6-15(21)7-5-14/h4-11H,12-13H2,1-3H3,(H,22,25)(H,23,24). The molecule has 2 amide bonds. The van der Waals surface area contributed by atoms with Crippen molar-refractivity contribution in [1.82, 2.24) is 5.32 Å². The normalized spacial score (nSPS) is 11.1. The molecule has 26 heavy (non-hydrogen) atoms. The first kappa shape index (κ1) is 20.0. The van der Waals surface area contributed by atoms with Crippen LogP contribution < -0.4 is 10.6 Å². The third-order valence-electron chi connectivity index (χ3n) is 3.33. The van der Waals surface area contributed by atoms with Crippen molar-refractivity contribution < 1.29 is 14.0 Å². The van der Waals surface area contributed by atoms with Gasteiger partial charge < -0.3 is 10.6 Å². The minimum absolute atomic E-state index is 0.156. The van der Waals surface area contributed by atoms with Crippen molar-refractivity contribution in [3.05, 3.63) is 59.9 Å². The van der Waals surface area contributed by atoms with Crippen LogP contribution in [0.15, 0.2) is 53.4 Å². The van der Waals surface area contributed by atoms with Gasteiger partial charge in [0.05, 0.1) is 6.54 Å². The average Bonchev–Trinajstić information content (AvgIpc) is 2.59. The Hall–Kier alpha value is -2.34. The molecule has 4 nitrogen and oxygen atoms in total. The number of benzene rings is 2. The van der Waals surface area contributed by atoms with Gasteiger partial charge in [-0.25, -0.2) is 4.39 Å². The van der Waals surface area contributed by atoms with Crippen LogP contribution in [-0.4, -0.2) is 24.1 Å². The van der Waals surface area contributed by atoms with Crippen LogP contribution in [0.5, 0.6) is 0 Å². The molecule has 2 aromatic rings. The minimum atomic E-state index is -0.422. The van der Waals surface area contributed by atoms with E-state index in [0.717, 1.165) is 10.6 Å². The molecule has 0 spiro atoms. The molecular weight excluding hydrogens is 351 g/mol. The van der Waals surface area contributed by atoms with Crippen LogP contribution in [0, 0.1) is 11.2 Å². The van der Waals surface area contributed by atoms with E-state index in [1.807, 2.05) is 24.3 Å². The van der Waals surface area contributed by atoms with Crippen molar-refractivity contribution in [2.45, 2.75) is 25.7 Å². The van der Waals surface area contributed by atoms with Crippen molar-refractivity contribution in [3.8, 4) is 0 Å². The number of carbonyl (C=O) groups excluding carboxylic acids is 2. The van der Waals surface area contributed by atoms with Crippen molar-refractivity contribution in [2.24, 2.45) is 5.41 Å². The van der Waals surface area contributed by atoms with Gasteiger partial charge in [-0.15, -0.1) is 11.8 Å². The Balaban J connectivity index is 1.80. The molecule has 0 fully saturated rings. The van der Waals surface area contributed by atoms with Gasteiger partial charge in [0.1, 0.15) is 5.82 Å². The lowest BCUT2D eigenvalue weighted by Gasteiger charge is -2.17. The van der Waals surface area contributed by atoms with Crippen LogP contribution in [0.1, 0.15) is 31.1 Å². The molecule has 138 valence electrons. The molecule has 0 heterocycles. The van der Waals surface area contributed by atoms with E-state index < -0.39 is 11.7 Å². The van der Waals surface area contributed by atoms with Crippen molar-refractivity contribution in [2.75, 3.05) is 17.6 Å². The molecule has 0 saturated heterocycles. The number of rotatable bonds is 6. The van der Waals surface area contributed by atoms with Crippen molar-refractivity contribution in [3.63, 3.8) is 0 Å². The number of hydrogen-bond acceptors (Lipinski definition) is 3. The molecule has 0 atom stereocenters. The summed E-state index contributed by atoms with van der Waals surface area (Å²) >= 11 is 1.77. The summed E-state index contributed by atoms with van der Waals surface area (Å²) in [5.41, 5.74) is 1.23. The highest BCUT2D eigenvalue weighted by molar-refractivity contribution is 7.99. The van der Waals surface area contributed by atoms with E-state index in [1.165, 1.54) is 24.3 Å². The van der Waals surface area contributed by atoms with Gasteiger partial charge >= 0.3 is 0 Å². The summed E-state index contributed by atoms with van der Waals surface area (Å²) in [6.07, 6.45) is 0. The molecule has 0 unspecified atom stereocenters. The van der Waals surface area contributed by atoms with E-state index in [9.17, 15) is 14.0 Å². The quantitative estimate of drug-likeness (QED) is 0.740. The summed E-state index contributed by atoms with van der Waals surface area (Å²) in [6, 6.07) is 12.7. The number of carbonyl (C=O) groups is 2.